The summed E-state index contributed by atoms with van der Waals surface area (Å²) in [4.78, 5) is 26.5. The Hall–Kier alpha value is -2.76. The van der Waals surface area contributed by atoms with Crippen molar-refractivity contribution in [1.82, 2.24) is 9.47 Å². The number of nitrogens with zero attached hydrogens (tertiary/aromatic N) is 2. The first-order valence-corrected chi connectivity index (χ1v) is 8.97. The molecule has 136 valence electrons. The van der Waals surface area contributed by atoms with Crippen LogP contribution in [0.3, 0.4) is 0 Å². The lowest BCUT2D eigenvalue weighted by molar-refractivity contribution is 0.0712. The lowest BCUT2D eigenvalue weighted by Gasteiger charge is -2.32. The molecule has 2 aromatic rings. The summed E-state index contributed by atoms with van der Waals surface area (Å²) in [6, 6.07) is 9.08. The van der Waals surface area contributed by atoms with Crippen molar-refractivity contribution in [2.45, 2.75) is 18.8 Å². The fourth-order valence-corrected chi connectivity index (χ4v) is 3.59. The van der Waals surface area contributed by atoms with E-state index in [1.54, 1.807) is 35.9 Å². The van der Waals surface area contributed by atoms with Crippen molar-refractivity contribution in [3.63, 3.8) is 0 Å². The number of carbonyl (C=O) groups is 1. The highest BCUT2D eigenvalue weighted by Gasteiger charge is 2.26. The van der Waals surface area contributed by atoms with Gasteiger partial charge in [0.25, 0.3) is 11.5 Å². The molecular formula is C20H22N2O4. The van der Waals surface area contributed by atoms with E-state index < -0.39 is 0 Å². The van der Waals surface area contributed by atoms with Gasteiger partial charge in [-0.2, -0.15) is 0 Å². The van der Waals surface area contributed by atoms with Gasteiger partial charge in [0.2, 0.25) is 0 Å². The first kappa shape index (κ1) is 16.7. The van der Waals surface area contributed by atoms with E-state index in [-0.39, 0.29) is 11.5 Å². The normalized spacial score (nSPS) is 17.2. The van der Waals surface area contributed by atoms with Crippen molar-refractivity contribution in [1.29, 1.82) is 0 Å². The molecule has 0 unspecified atom stereocenters. The number of amides is 1. The van der Waals surface area contributed by atoms with Gasteiger partial charge in [0.1, 0.15) is 13.2 Å². The van der Waals surface area contributed by atoms with Crippen molar-refractivity contribution >= 4 is 5.91 Å². The summed E-state index contributed by atoms with van der Waals surface area (Å²) >= 11 is 0. The van der Waals surface area contributed by atoms with Crippen LogP contribution in [0.2, 0.25) is 0 Å². The average Bonchev–Trinajstić information content (AvgIpc) is 2.69. The number of likely N-dealkylation sites (tertiary alicyclic amines) is 1. The number of hydrogen-bond donors (Lipinski definition) is 0. The molecule has 1 aromatic carbocycles. The minimum absolute atomic E-state index is 0.0114. The molecule has 1 fully saturated rings. The van der Waals surface area contributed by atoms with E-state index in [4.69, 9.17) is 9.47 Å². The van der Waals surface area contributed by atoms with Crippen LogP contribution in [0.15, 0.2) is 41.3 Å². The second-order valence-electron chi connectivity index (χ2n) is 6.83. The first-order chi connectivity index (χ1) is 12.6. The minimum atomic E-state index is 0.0114. The van der Waals surface area contributed by atoms with Crippen LogP contribution in [0.25, 0.3) is 0 Å². The molecule has 6 heteroatoms. The lowest BCUT2D eigenvalue weighted by Crippen LogP contribution is -2.38. The van der Waals surface area contributed by atoms with Crippen LogP contribution in [0.5, 0.6) is 11.5 Å². The van der Waals surface area contributed by atoms with Gasteiger partial charge in [-0.05, 0) is 48.6 Å². The number of benzene rings is 1. The number of fused-ring (bicyclic) bond motifs is 1. The predicted molar refractivity (Wildman–Crippen MR) is 97.0 cm³/mol. The SMILES string of the molecule is Cn1ccc(C2CCN(C(=O)c3ccc4c(c3)OCCO4)CC2)cc1=O. The highest BCUT2D eigenvalue weighted by atomic mass is 16.6. The Balaban J connectivity index is 1.43. The van der Waals surface area contributed by atoms with E-state index in [2.05, 4.69) is 0 Å². The Kier molecular flexibility index (Phi) is 4.41. The highest BCUT2D eigenvalue weighted by molar-refractivity contribution is 5.95. The van der Waals surface area contributed by atoms with Gasteiger partial charge in [-0.25, -0.2) is 0 Å². The van der Waals surface area contributed by atoms with E-state index in [0.717, 1.165) is 18.4 Å². The maximum absolute atomic E-state index is 12.8. The van der Waals surface area contributed by atoms with Gasteiger partial charge in [-0.3, -0.25) is 9.59 Å². The van der Waals surface area contributed by atoms with Crippen molar-refractivity contribution in [2.24, 2.45) is 7.05 Å². The average molecular weight is 354 g/mol. The van der Waals surface area contributed by atoms with Crippen molar-refractivity contribution in [3.05, 3.63) is 58.0 Å². The summed E-state index contributed by atoms with van der Waals surface area (Å²) in [7, 11) is 1.75. The van der Waals surface area contributed by atoms with Gasteiger partial charge >= 0.3 is 0 Å². The van der Waals surface area contributed by atoms with Gasteiger partial charge < -0.3 is 18.9 Å². The molecule has 0 spiro atoms. The number of rotatable bonds is 2. The number of piperidine rings is 1. The number of aryl methyl sites for hydroxylation is 1. The Bertz CT molecular complexity index is 882. The van der Waals surface area contributed by atoms with Crippen molar-refractivity contribution in [2.75, 3.05) is 26.3 Å². The van der Waals surface area contributed by atoms with E-state index in [9.17, 15) is 9.59 Å². The molecule has 0 saturated carbocycles. The lowest BCUT2D eigenvalue weighted by atomic mass is 9.90. The van der Waals surface area contributed by atoms with Crippen molar-refractivity contribution < 1.29 is 14.3 Å². The second kappa shape index (κ2) is 6.86. The van der Waals surface area contributed by atoms with E-state index in [0.29, 0.717) is 49.3 Å². The molecule has 0 bridgehead atoms. The number of ether oxygens (including phenoxy) is 2. The largest absolute Gasteiger partial charge is 0.486 e. The molecule has 0 radical (unpaired) electrons. The van der Waals surface area contributed by atoms with Crippen LogP contribution < -0.4 is 15.0 Å². The molecule has 1 saturated heterocycles. The van der Waals surface area contributed by atoms with Crippen LogP contribution in [0.4, 0.5) is 0 Å². The maximum Gasteiger partial charge on any atom is 0.253 e. The molecule has 0 aliphatic carbocycles. The minimum Gasteiger partial charge on any atom is -0.486 e. The summed E-state index contributed by atoms with van der Waals surface area (Å²) in [5.74, 6) is 1.67. The zero-order chi connectivity index (χ0) is 18.1. The maximum atomic E-state index is 12.8. The Morgan fingerprint density at radius 1 is 1.04 bits per heavy atom. The van der Waals surface area contributed by atoms with Gasteiger partial charge in [-0.1, -0.05) is 0 Å². The number of hydrogen-bond acceptors (Lipinski definition) is 4. The summed E-state index contributed by atoms with van der Waals surface area (Å²) in [5.41, 5.74) is 1.71. The van der Waals surface area contributed by atoms with E-state index in [1.807, 2.05) is 17.2 Å². The third kappa shape index (κ3) is 3.19. The molecule has 3 heterocycles. The molecule has 2 aliphatic heterocycles. The Labute approximate surface area is 152 Å². The Morgan fingerprint density at radius 2 is 1.77 bits per heavy atom. The standard InChI is InChI=1S/C20H22N2O4/c1-21-7-4-15(13-19(21)23)14-5-8-22(9-6-14)20(24)16-2-3-17-18(12-16)26-11-10-25-17/h2-4,7,12-14H,5-6,8-11H2,1H3. The van der Waals surface area contributed by atoms with Crippen LogP contribution in [0, 0.1) is 0 Å². The predicted octanol–water partition coefficient (Wildman–Crippen LogP) is 2.18. The molecule has 1 aromatic heterocycles. The van der Waals surface area contributed by atoms with E-state index in [1.165, 1.54) is 0 Å². The van der Waals surface area contributed by atoms with Crippen LogP contribution >= 0.6 is 0 Å². The molecule has 4 rings (SSSR count). The van der Waals surface area contributed by atoms with Crippen molar-refractivity contribution in [3.8, 4) is 11.5 Å². The zero-order valence-corrected chi connectivity index (χ0v) is 14.8. The molecule has 1 amide bonds. The van der Waals surface area contributed by atoms with Crippen LogP contribution in [-0.2, 0) is 7.05 Å². The molecule has 0 N–H and O–H groups in total. The highest BCUT2D eigenvalue weighted by Crippen LogP contribution is 2.32. The van der Waals surface area contributed by atoms with Crippen LogP contribution in [0.1, 0.15) is 34.7 Å². The quantitative estimate of drug-likeness (QED) is 0.829. The molecule has 6 nitrogen and oxygen atoms in total. The smallest absolute Gasteiger partial charge is 0.253 e. The molecular weight excluding hydrogens is 332 g/mol. The summed E-state index contributed by atoms with van der Waals surface area (Å²) in [5, 5.41) is 0. The van der Waals surface area contributed by atoms with Gasteiger partial charge in [-0.15, -0.1) is 0 Å². The summed E-state index contributed by atoms with van der Waals surface area (Å²) in [6.45, 7) is 2.42. The third-order valence-corrected chi connectivity index (χ3v) is 5.17. The number of pyridine rings is 1. The molecule has 0 atom stereocenters. The van der Waals surface area contributed by atoms with Crippen LogP contribution in [-0.4, -0.2) is 41.7 Å². The summed E-state index contributed by atoms with van der Waals surface area (Å²) < 4.78 is 12.7. The summed E-state index contributed by atoms with van der Waals surface area (Å²) in [6.07, 6.45) is 3.54. The number of carbonyl (C=O) groups excluding carboxylic acids is 1. The topological polar surface area (TPSA) is 60.8 Å². The fraction of sp³-hybridized carbons (Fsp3) is 0.400. The van der Waals surface area contributed by atoms with Gasteiger partial charge in [0.15, 0.2) is 11.5 Å². The number of aromatic nitrogens is 1. The monoisotopic (exact) mass is 354 g/mol. The first-order valence-electron chi connectivity index (χ1n) is 8.97. The fourth-order valence-electron chi connectivity index (χ4n) is 3.59. The molecule has 2 aliphatic rings. The van der Waals surface area contributed by atoms with E-state index >= 15 is 0 Å². The van der Waals surface area contributed by atoms with Gasteiger partial charge in [0, 0.05) is 38.0 Å². The zero-order valence-electron chi connectivity index (χ0n) is 14.8. The second-order valence-corrected chi connectivity index (χ2v) is 6.83. The third-order valence-electron chi connectivity index (χ3n) is 5.17. The molecule has 26 heavy (non-hydrogen) atoms. The van der Waals surface area contributed by atoms with Gasteiger partial charge in [0.05, 0.1) is 0 Å². The Morgan fingerprint density at radius 3 is 2.50 bits per heavy atom.